The normalized spacial score (nSPS) is 13.8. The van der Waals surface area contributed by atoms with Crippen LogP contribution in [0.5, 0.6) is 11.6 Å². The highest BCUT2D eigenvalue weighted by Crippen LogP contribution is 2.35. The Hall–Kier alpha value is -1.54. The van der Waals surface area contributed by atoms with E-state index in [0.717, 1.165) is 0 Å². The molecule has 1 aromatic carbocycles. The maximum atomic E-state index is 12.6. The average Bonchev–Trinajstić information content (AvgIpc) is 2.91. The van der Waals surface area contributed by atoms with Gasteiger partial charge in [-0.1, -0.05) is 0 Å². The number of aromatic nitrogens is 2. The third kappa shape index (κ3) is 2.18. The molecule has 1 aliphatic heterocycles. The number of halogens is 2. The topological polar surface area (TPSA) is 78.5 Å². The molecule has 1 amide bonds. The third-order valence-corrected chi connectivity index (χ3v) is 4.16. The number of aromatic hydroxyl groups is 1. The molecule has 1 aliphatic rings. The Morgan fingerprint density at radius 3 is 2.80 bits per heavy atom. The van der Waals surface area contributed by atoms with Gasteiger partial charge < -0.3 is 9.84 Å². The van der Waals surface area contributed by atoms with Gasteiger partial charge in [-0.2, -0.15) is 5.10 Å². The van der Waals surface area contributed by atoms with Gasteiger partial charge >= 0.3 is 0 Å². The zero-order valence-corrected chi connectivity index (χ0v) is 13.2. The van der Waals surface area contributed by atoms with Crippen molar-refractivity contribution < 1.29 is 14.6 Å². The fraction of sp³-hybridized carbons (Fsp3) is 0.167. The minimum atomic E-state index is -0.183. The summed E-state index contributed by atoms with van der Waals surface area (Å²) >= 11 is 6.44. The molecule has 0 saturated heterocycles. The SMILES string of the molecule is O=C(c1cc(Br)c(O)c(Br)c1)N1CCOc2[nH]ncc21. The molecule has 2 aromatic rings. The first-order chi connectivity index (χ1) is 9.58. The first-order valence-corrected chi connectivity index (χ1v) is 7.32. The number of phenolic OH excluding ortho intramolecular Hbond substituents is 1. The van der Waals surface area contributed by atoms with Crippen molar-refractivity contribution in [3.63, 3.8) is 0 Å². The fourth-order valence-corrected chi connectivity index (χ4v) is 3.17. The van der Waals surface area contributed by atoms with E-state index in [2.05, 4.69) is 42.1 Å². The molecule has 2 heterocycles. The number of hydrogen-bond acceptors (Lipinski definition) is 4. The van der Waals surface area contributed by atoms with Crippen LogP contribution in [0.15, 0.2) is 27.3 Å². The van der Waals surface area contributed by atoms with Crippen LogP contribution in [0.2, 0.25) is 0 Å². The smallest absolute Gasteiger partial charge is 0.258 e. The number of amides is 1. The number of phenols is 1. The van der Waals surface area contributed by atoms with Crippen LogP contribution >= 0.6 is 31.9 Å². The van der Waals surface area contributed by atoms with E-state index in [0.29, 0.717) is 39.2 Å². The van der Waals surface area contributed by atoms with Crippen LogP contribution in [0.4, 0.5) is 5.69 Å². The molecule has 0 radical (unpaired) electrons. The zero-order chi connectivity index (χ0) is 14.3. The molecule has 0 aliphatic carbocycles. The first kappa shape index (κ1) is 13.4. The number of fused-ring (bicyclic) bond motifs is 1. The van der Waals surface area contributed by atoms with Crippen molar-refractivity contribution in [3.05, 3.63) is 32.8 Å². The van der Waals surface area contributed by atoms with E-state index in [4.69, 9.17) is 4.74 Å². The van der Waals surface area contributed by atoms with Gasteiger partial charge in [-0.3, -0.25) is 9.69 Å². The van der Waals surface area contributed by atoms with Gasteiger partial charge in [-0.05, 0) is 44.0 Å². The fourth-order valence-electron chi connectivity index (χ4n) is 1.98. The summed E-state index contributed by atoms with van der Waals surface area (Å²) < 4.78 is 6.28. The van der Waals surface area contributed by atoms with E-state index in [1.165, 1.54) is 0 Å². The van der Waals surface area contributed by atoms with Crippen molar-refractivity contribution in [2.75, 3.05) is 18.1 Å². The van der Waals surface area contributed by atoms with Crippen LogP contribution in [0.25, 0.3) is 0 Å². The van der Waals surface area contributed by atoms with Crippen molar-refractivity contribution in [2.45, 2.75) is 0 Å². The average molecular weight is 403 g/mol. The maximum Gasteiger partial charge on any atom is 0.258 e. The largest absolute Gasteiger partial charge is 0.506 e. The van der Waals surface area contributed by atoms with Gasteiger partial charge in [0.15, 0.2) is 0 Å². The van der Waals surface area contributed by atoms with E-state index >= 15 is 0 Å². The summed E-state index contributed by atoms with van der Waals surface area (Å²) in [5.41, 5.74) is 1.07. The van der Waals surface area contributed by atoms with Gasteiger partial charge in [0.2, 0.25) is 5.88 Å². The molecule has 0 bridgehead atoms. The number of nitrogens with one attached hydrogen (secondary N) is 1. The standard InChI is InChI=1S/C12H9Br2N3O3/c13-7-3-6(4-8(14)10(7)18)12(19)17-1-2-20-11-9(17)5-15-16-11/h3-5,18H,1-2H2,(H,15,16). The van der Waals surface area contributed by atoms with E-state index in [9.17, 15) is 9.90 Å². The van der Waals surface area contributed by atoms with Gasteiger partial charge in [0.05, 0.1) is 21.7 Å². The maximum absolute atomic E-state index is 12.6. The van der Waals surface area contributed by atoms with Crippen molar-refractivity contribution in [3.8, 4) is 11.6 Å². The van der Waals surface area contributed by atoms with Crippen molar-refractivity contribution >= 4 is 43.5 Å². The van der Waals surface area contributed by atoms with E-state index in [1.807, 2.05) is 0 Å². The quantitative estimate of drug-likeness (QED) is 0.768. The molecule has 0 spiro atoms. The molecule has 6 nitrogen and oxygen atoms in total. The van der Waals surface area contributed by atoms with Crippen LogP contribution in [0.3, 0.4) is 0 Å². The van der Waals surface area contributed by atoms with Crippen LogP contribution in [-0.2, 0) is 0 Å². The predicted molar refractivity (Wildman–Crippen MR) is 79.3 cm³/mol. The number of carbonyl (C=O) groups is 1. The third-order valence-electron chi connectivity index (χ3n) is 2.95. The highest BCUT2D eigenvalue weighted by molar-refractivity contribution is 9.11. The summed E-state index contributed by atoms with van der Waals surface area (Å²) in [7, 11) is 0. The van der Waals surface area contributed by atoms with Crippen LogP contribution in [-0.4, -0.2) is 34.4 Å². The number of benzene rings is 1. The summed E-state index contributed by atoms with van der Waals surface area (Å²) in [5.74, 6) is 0.367. The Morgan fingerprint density at radius 2 is 2.10 bits per heavy atom. The first-order valence-electron chi connectivity index (χ1n) is 5.74. The number of nitrogens with zero attached hydrogens (tertiary/aromatic N) is 2. The lowest BCUT2D eigenvalue weighted by Gasteiger charge is -2.26. The molecule has 8 heteroatoms. The number of aromatic amines is 1. The summed E-state index contributed by atoms with van der Waals surface area (Å²) in [6.45, 7) is 0.850. The van der Waals surface area contributed by atoms with Crippen LogP contribution in [0.1, 0.15) is 10.4 Å². The van der Waals surface area contributed by atoms with E-state index < -0.39 is 0 Å². The highest BCUT2D eigenvalue weighted by Gasteiger charge is 2.27. The van der Waals surface area contributed by atoms with Crippen LogP contribution in [0, 0.1) is 0 Å². The van der Waals surface area contributed by atoms with E-state index in [-0.39, 0.29) is 11.7 Å². The van der Waals surface area contributed by atoms with Gasteiger partial charge in [-0.25, -0.2) is 5.10 Å². The monoisotopic (exact) mass is 401 g/mol. The number of ether oxygens (including phenoxy) is 1. The minimum absolute atomic E-state index is 0.0625. The number of carbonyl (C=O) groups excluding carboxylic acids is 1. The van der Waals surface area contributed by atoms with Gasteiger partial charge in [0.1, 0.15) is 18.0 Å². The molecule has 104 valence electrons. The van der Waals surface area contributed by atoms with Gasteiger partial charge in [0, 0.05) is 5.56 Å². The number of hydrogen-bond donors (Lipinski definition) is 2. The molecule has 1 aromatic heterocycles. The minimum Gasteiger partial charge on any atom is -0.506 e. The van der Waals surface area contributed by atoms with E-state index in [1.54, 1.807) is 23.2 Å². The van der Waals surface area contributed by atoms with Gasteiger partial charge in [-0.15, -0.1) is 0 Å². The molecular formula is C12H9Br2N3O3. The van der Waals surface area contributed by atoms with Crippen LogP contribution < -0.4 is 9.64 Å². The molecule has 0 fully saturated rings. The Bertz CT molecular complexity index is 663. The summed E-state index contributed by atoms with van der Waals surface area (Å²) in [6.07, 6.45) is 1.55. The second-order valence-electron chi connectivity index (χ2n) is 4.18. The summed E-state index contributed by atoms with van der Waals surface area (Å²) in [4.78, 5) is 14.2. The van der Waals surface area contributed by atoms with Crippen molar-refractivity contribution in [1.82, 2.24) is 10.2 Å². The second kappa shape index (κ2) is 5.10. The van der Waals surface area contributed by atoms with Gasteiger partial charge in [0.25, 0.3) is 5.91 Å². The number of anilines is 1. The summed E-state index contributed by atoms with van der Waals surface area (Å²) in [6, 6.07) is 3.16. The Morgan fingerprint density at radius 1 is 1.40 bits per heavy atom. The Kier molecular flexibility index (Phi) is 3.43. The Balaban J connectivity index is 1.99. The highest BCUT2D eigenvalue weighted by atomic mass is 79.9. The molecule has 2 N–H and O–H groups in total. The Labute approximate surface area is 131 Å². The number of rotatable bonds is 1. The summed E-state index contributed by atoms with van der Waals surface area (Å²) in [5, 5.41) is 16.3. The molecule has 0 saturated carbocycles. The lowest BCUT2D eigenvalue weighted by Crippen LogP contribution is -2.37. The molecule has 0 atom stereocenters. The molecule has 3 rings (SSSR count). The zero-order valence-electron chi connectivity index (χ0n) is 10.1. The predicted octanol–water partition coefficient (Wildman–Crippen LogP) is 2.68. The van der Waals surface area contributed by atoms with Crippen molar-refractivity contribution in [2.24, 2.45) is 0 Å². The second-order valence-corrected chi connectivity index (χ2v) is 5.89. The molecule has 0 unspecified atom stereocenters. The lowest BCUT2D eigenvalue weighted by molar-refractivity contribution is 0.0976. The molecular weight excluding hydrogens is 394 g/mol. The molecule has 20 heavy (non-hydrogen) atoms. The number of H-pyrrole nitrogens is 1. The van der Waals surface area contributed by atoms with Crippen molar-refractivity contribution in [1.29, 1.82) is 0 Å². The lowest BCUT2D eigenvalue weighted by atomic mass is 10.2.